The van der Waals surface area contributed by atoms with Crippen LogP contribution in [0.5, 0.6) is 0 Å². The van der Waals surface area contributed by atoms with E-state index in [-0.39, 0.29) is 11.5 Å². The highest BCUT2D eigenvalue weighted by molar-refractivity contribution is 5.69. The van der Waals surface area contributed by atoms with E-state index in [4.69, 9.17) is 4.74 Å². The summed E-state index contributed by atoms with van der Waals surface area (Å²) in [5.41, 5.74) is -0.552. The summed E-state index contributed by atoms with van der Waals surface area (Å²) in [4.78, 5) is 13.8. The van der Waals surface area contributed by atoms with E-state index in [1.165, 1.54) is 12.8 Å². The van der Waals surface area contributed by atoms with Gasteiger partial charge in [0, 0.05) is 24.9 Å². The van der Waals surface area contributed by atoms with Crippen molar-refractivity contribution in [2.24, 2.45) is 23.2 Å². The Morgan fingerprint density at radius 3 is 2.37 bits per heavy atom. The van der Waals surface area contributed by atoms with Gasteiger partial charge in [0.05, 0.1) is 11.5 Å². The minimum atomic E-state index is -0.440. The van der Waals surface area contributed by atoms with Crippen LogP contribution in [-0.2, 0) is 4.74 Å². The van der Waals surface area contributed by atoms with Gasteiger partial charge in [-0.05, 0) is 33.1 Å². The standard InChI is InChI=1S/C15H22N2O2/c1-14(2,3)19-13(18)17-7-11-12(8-17)15(11,9-16)6-10-4-5-10/h10-12H,4-8H2,1-3H3. The molecule has 1 aliphatic heterocycles. The molecule has 104 valence electrons. The number of amides is 1. The number of likely N-dealkylation sites (tertiary alicyclic amines) is 1. The average molecular weight is 262 g/mol. The van der Waals surface area contributed by atoms with Crippen LogP contribution in [0.3, 0.4) is 0 Å². The van der Waals surface area contributed by atoms with Crippen molar-refractivity contribution in [1.82, 2.24) is 4.90 Å². The highest BCUT2D eigenvalue weighted by Crippen LogP contribution is 2.67. The molecule has 1 saturated heterocycles. The number of hydrogen-bond acceptors (Lipinski definition) is 3. The molecule has 2 aliphatic carbocycles. The molecule has 0 spiro atoms. The lowest BCUT2D eigenvalue weighted by Crippen LogP contribution is -2.38. The first-order valence-electron chi connectivity index (χ1n) is 7.25. The number of fused-ring (bicyclic) bond motifs is 1. The van der Waals surface area contributed by atoms with E-state index in [1.54, 1.807) is 4.90 Å². The Morgan fingerprint density at radius 1 is 1.37 bits per heavy atom. The van der Waals surface area contributed by atoms with E-state index >= 15 is 0 Å². The summed E-state index contributed by atoms with van der Waals surface area (Å²) in [7, 11) is 0. The number of rotatable bonds is 2. The van der Waals surface area contributed by atoms with Crippen molar-refractivity contribution in [2.75, 3.05) is 13.1 Å². The molecule has 0 bridgehead atoms. The van der Waals surface area contributed by atoms with E-state index in [1.807, 2.05) is 20.8 Å². The summed E-state index contributed by atoms with van der Waals surface area (Å²) in [6.45, 7) is 7.07. The van der Waals surface area contributed by atoms with Gasteiger partial charge in [-0.3, -0.25) is 0 Å². The third-order valence-electron chi connectivity index (χ3n) is 4.72. The van der Waals surface area contributed by atoms with Crippen LogP contribution >= 0.6 is 0 Å². The van der Waals surface area contributed by atoms with Gasteiger partial charge in [-0.1, -0.05) is 12.8 Å². The van der Waals surface area contributed by atoms with Crippen molar-refractivity contribution >= 4 is 6.09 Å². The lowest BCUT2D eigenvalue weighted by atomic mass is 9.94. The van der Waals surface area contributed by atoms with Crippen LogP contribution < -0.4 is 0 Å². The molecule has 3 aliphatic rings. The summed E-state index contributed by atoms with van der Waals surface area (Å²) < 4.78 is 5.39. The Balaban J connectivity index is 1.57. The molecule has 2 atom stereocenters. The Labute approximate surface area is 114 Å². The summed E-state index contributed by atoms with van der Waals surface area (Å²) in [5, 5.41) is 9.47. The molecule has 2 saturated carbocycles. The molecule has 0 aromatic rings. The first kappa shape index (κ1) is 12.8. The van der Waals surface area contributed by atoms with Crippen LogP contribution in [0.1, 0.15) is 40.0 Å². The lowest BCUT2D eigenvalue weighted by molar-refractivity contribution is 0.0256. The molecule has 0 aromatic carbocycles. The molecule has 19 heavy (non-hydrogen) atoms. The van der Waals surface area contributed by atoms with Gasteiger partial charge in [-0.2, -0.15) is 5.26 Å². The van der Waals surface area contributed by atoms with Gasteiger partial charge in [-0.25, -0.2) is 4.79 Å². The van der Waals surface area contributed by atoms with Crippen molar-refractivity contribution in [3.8, 4) is 6.07 Å². The maximum absolute atomic E-state index is 12.0. The lowest BCUT2D eigenvalue weighted by Gasteiger charge is -2.27. The van der Waals surface area contributed by atoms with Crippen LogP contribution in [0.2, 0.25) is 0 Å². The molecule has 4 heteroatoms. The second-order valence-electron chi connectivity index (χ2n) is 7.40. The van der Waals surface area contributed by atoms with E-state index in [0.717, 1.165) is 12.3 Å². The molecule has 1 heterocycles. The molecule has 1 amide bonds. The molecule has 4 nitrogen and oxygen atoms in total. The van der Waals surface area contributed by atoms with Gasteiger partial charge in [0.25, 0.3) is 0 Å². The molecule has 3 rings (SSSR count). The number of nitrogens with zero attached hydrogens (tertiary/aromatic N) is 2. The number of carbonyl (C=O) groups excluding carboxylic acids is 1. The molecular weight excluding hydrogens is 240 g/mol. The first-order chi connectivity index (χ1) is 8.86. The minimum absolute atomic E-state index is 0.111. The molecule has 0 N–H and O–H groups in total. The van der Waals surface area contributed by atoms with Gasteiger partial charge in [0.2, 0.25) is 0 Å². The molecule has 0 aromatic heterocycles. The van der Waals surface area contributed by atoms with Crippen molar-refractivity contribution in [3.63, 3.8) is 0 Å². The second kappa shape index (κ2) is 3.88. The van der Waals surface area contributed by atoms with Gasteiger partial charge < -0.3 is 9.64 Å². The zero-order chi connectivity index (χ0) is 13.8. The van der Waals surface area contributed by atoms with Crippen molar-refractivity contribution in [3.05, 3.63) is 0 Å². The Bertz CT molecular complexity index is 430. The number of hydrogen-bond donors (Lipinski definition) is 0. The SMILES string of the molecule is CC(C)(C)OC(=O)N1CC2C(C1)C2(C#N)CC1CC1. The zero-order valence-corrected chi connectivity index (χ0v) is 12.0. The topological polar surface area (TPSA) is 53.3 Å². The van der Waals surface area contributed by atoms with Gasteiger partial charge in [0.1, 0.15) is 5.60 Å². The zero-order valence-electron chi connectivity index (χ0n) is 12.0. The molecule has 3 fully saturated rings. The van der Waals surface area contributed by atoms with Crippen LogP contribution in [0.4, 0.5) is 4.79 Å². The van der Waals surface area contributed by atoms with Crippen molar-refractivity contribution < 1.29 is 9.53 Å². The second-order valence-corrected chi connectivity index (χ2v) is 7.40. The Hall–Kier alpha value is -1.24. The largest absolute Gasteiger partial charge is 0.444 e. The summed E-state index contributed by atoms with van der Waals surface area (Å²) in [6.07, 6.45) is 3.41. The monoisotopic (exact) mass is 262 g/mol. The highest BCUT2D eigenvalue weighted by Gasteiger charge is 2.70. The maximum Gasteiger partial charge on any atom is 0.410 e. The summed E-state index contributed by atoms with van der Waals surface area (Å²) in [5.74, 6) is 1.57. The minimum Gasteiger partial charge on any atom is -0.444 e. The normalized spacial score (nSPS) is 36.6. The van der Waals surface area contributed by atoms with Gasteiger partial charge >= 0.3 is 6.09 Å². The Kier molecular flexibility index (Phi) is 2.61. The number of piperidine rings is 1. The van der Waals surface area contributed by atoms with Crippen LogP contribution in [0.15, 0.2) is 0 Å². The predicted molar refractivity (Wildman–Crippen MR) is 70.2 cm³/mol. The maximum atomic E-state index is 12.0. The van der Waals surface area contributed by atoms with Crippen LogP contribution in [-0.4, -0.2) is 29.7 Å². The average Bonchev–Trinajstić information content (AvgIpc) is 3.16. The fourth-order valence-corrected chi connectivity index (χ4v) is 3.52. The Morgan fingerprint density at radius 2 is 1.95 bits per heavy atom. The number of carbonyl (C=O) groups is 1. The molecular formula is C15H22N2O2. The van der Waals surface area contributed by atoms with Crippen molar-refractivity contribution in [1.29, 1.82) is 5.26 Å². The molecule has 2 unspecified atom stereocenters. The van der Waals surface area contributed by atoms with Crippen LogP contribution in [0, 0.1) is 34.5 Å². The quantitative estimate of drug-likeness (QED) is 0.769. The summed E-state index contributed by atoms with van der Waals surface area (Å²) >= 11 is 0. The third-order valence-corrected chi connectivity index (χ3v) is 4.72. The fraction of sp³-hybridized carbons (Fsp3) is 0.867. The van der Waals surface area contributed by atoms with Crippen molar-refractivity contribution in [2.45, 2.75) is 45.6 Å². The highest BCUT2D eigenvalue weighted by atomic mass is 16.6. The van der Waals surface area contributed by atoms with E-state index < -0.39 is 5.60 Å². The van der Waals surface area contributed by atoms with Gasteiger partial charge in [-0.15, -0.1) is 0 Å². The van der Waals surface area contributed by atoms with E-state index in [9.17, 15) is 10.1 Å². The fourth-order valence-electron chi connectivity index (χ4n) is 3.52. The smallest absolute Gasteiger partial charge is 0.410 e. The summed E-state index contributed by atoms with van der Waals surface area (Å²) in [6, 6.07) is 2.55. The number of ether oxygens (including phenoxy) is 1. The molecule has 0 radical (unpaired) electrons. The first-order valence-corrected chi connectivity index (χ1v) is 7.25. The van der Waals surface area contributed by atoms with Gasteiger partial charge in [0.15, 0.2) is 0 Å². The van der Waals surface area contributed by atoms with E-state index in [2.05, 4.69) is 6.07 Å². The number of nitriles is 1. The van der Waals surface area contributed by atoms with E-state index in [0.29, 0.717) is 24.9 Å². The predicted octanol–water partition coefficient (Wildman–Crippen LogP) is 2.79. The third kappa shape index (κ3) is 2.20. The van der Waals surface area contributed by atoms with Crippen LogP contribution in [0.25, 0.3) is 0 Å².